The molecule has 0 radical (unpaired) electrons. The smallest absolute Gasteiger partial charge is 0.187 e. The molecule has 0 amide bonds. The average molecular weight is 229 g/mol. The molecule has 4 heteroatoms. The predicted molar refractivity (Wildman–Crippen MR) is 56.8 cm³/mol. The first-order valence-electron chi connectivity index (χ1n) is 3.99. The van der Waals surface area contributed by atoms with Crippen molar-refractivity contribution in [2.75, 3.05) is 5.88 Å². The number of Topliss-reactive ketones (excluding diaryl/α,β-unsaturated/α-hetero) is 1. The third kappa shape index (κ3) is 1.65. The van der Waals surface area contributed by atoms with Gasteiger partial charge in [-0.1, -0.05) is 6.07 Å². The number of carbonyl (C=O) groups excluding carboxylic acids is 1. The van der Waals surface area contributed by atoms with Gasteiger partial charge in [-0.2, -0.15) is 0 Å². The van der Waals surface area contributed by atoms with Crippen molar-refractivity contribution in [3.63, 3.8) is 0 Å². The number of rotatable bonds is 2. The van der Waals surface area contributed by atoms with Crippen LogP contribution in [-0.4, -0.2) is 11.7 Å². The van der Waals surface area contributed by atoms with E-state index >= 15 is 0 Å². The van der Waals surface area contributed by atoms with Crippen LogP contribution in [0.2, 0.25) is 0 Å². The van der Waals surface area contributed by atoms with Crippen molar-refractivity contribution < 1.29 is 9.18 Å². The standard InChI is InChI=1S/C10H6ClFOS/c11-5-8(13)10-3-6-1-2-7(12)4-9(6)14-10/h1-4H,5H2. The summed E-state index contributed by atoms with van der Waals surface area (Å²) in [7, 11) is 0. The monoisotopic (exact) mass is 228 g/mol. The summed E-state index contributed by atoms with van der Waals surface area (Å²) in [5, 5.41) is 0.880. The molecule has 0 saturated carbocycles. The molecule has 0 aliphatic rings. The minimum Gasteiger partial charge on any atom is -0.292 e. The summed E-state index contributed by atoms with van der Waals surface area (Å²) < 4.78 is 13.6. The van der Waals surface area contributed by atoms with Crippen LogP contribution < -0.4 is 0 Å². The molecule has 0 fully saturated rings. The maximum absolute atomic E-state index is 12.8. The molecule has 2 aromatic rings. The largest absolute Gasteiger partial charge is 0.292 e. The number of carbonyl (C=O) groups is 1. The molecule has 1 aromatic carbocycles. The molecule has 1 aromatic heterocycles. The molecule has 72 valence electrons. The van der Waals surface area contributed by atoms with Gasteiger partial charge in [-0.25, -0.2) is 4.39 Å². The number of fused-ring (bicyclic) bond motifs is 1. The van der Waals surface area contributed by atoms with Gasteiger partial charge in [-0.3, -0.25) is 4.79 Å². The molecule has 1 nitrogen and oxygen atoms in total. The minimum absolute atomic E-state index is 0.0324. The Hall–Kier alpha value is -0.930. The molecule has 0 unspecified atom stereocenters. The molecule has 2 rings (SSSR count). The third-order valence-electron chi connectivity index (χ3n) is 1.88. The SMILES string of the molecule is O=C(CCl)c1cc2ccc(F)cc2s1. The third-order valence-corrected chi connectivity index (χ3v) is 3.26. The second kappa shape index (κ2) is 3.67. The van der Waals surface area contributed by atoms with Crippen LogP contribution in [0.5, 0.6) is 0 Å². The van der Waals surface area contributed by atoms with Crippen molar-refractivity contribution >= 4 is 38.8 Å². The van der Waals surface area contributed by atoms with Gasteiger partial charge in [0.05, 0.1) is 10.8 Å². The van der Waals surface area contributed by atoms with Crippen molar-refractivity contribution in [2.24, 2.45) is 0 Å². The minimum atomic E-state index is -0.288. The lowest BCUT2D eigenvalue weighted by molar-refractivity contribution is 0.102. The summed E-state index contributed by atoms with van der Waals surface area (Å²) in [6.45, 7) is 0. The fourth-order valence-electron chi connectivity index (χ4n) is 1.21. The number of alkyl halides is 1. The van der Waals surface area contributed by atoms with Crippen molar-refractivity contribution in [3.05, 3.63) is 35.0 Å². The van der Waals surface area contributed by atoms with E-state index in [4.69, 9.17) is 11.6 Å². The molecule has 0 spiro atoms. The Balaban J connectivity index is 2.56. The van der Waals surface area contributed by atoms with Gasteiger partial charge < -0.3 is 0 Å². The van der Waals surface area contributed by atoms with Crippen LogP contribution in [0, 0.1) is 5.82 Å². The lowest BCUT2D eigenvalue weighted by atomic mass is 10.2. The van der Waals surface area contributed by atoms with E-state index in [0.717, 1.165) is 10.1 Å². The zero-order valence-electron chi connectivity index (χ0n) is 7.09. The number of halogens is 2. The Kier molecular flexibility index (Phi) is 2.52. The van der Waals surface area contributed by atoms with Gasteiger partial charge in [0, 0.05) is 4.70 Å². The molecular weight excluding hydrogens is 223 g/mol. The summed E-state index contributed by atoms with van der Waals surface area (Å²) in [5.74, 6) is -0.438. The molecule has 0 bridgehead atoms. The van der Waals surface area contributed by atoms with E-state index in [9.17, 15) is 9.18 Å². The second-order valence-electron chi connectivity index (χ2n) is 2.85. The molecule has 0 N–H and O–H groups in total. The number of thiophene rings is 1. The molecule has 0 atom stereocenters. The molecule has 0 aliphatic carbocycles. The van der Waals surface area contributed by atoms with Crippen LogP contribution >= 0.6 is 22.9 Å². The van der Waals surface area contributed by atoms with Crippen molar-refractivity contribution in [1.82, 2.24) is 0 Å². The first kappa shape index (κ1) is 9.62. The number of benzene rings is 1. The maximum atomic E-state index is 12.8. The fourth-order valence-corrected chi connectivity index (χ4v) is 2.46. The Morgan fingerprint density at radius 3 is 2.93 bits per heavy atom. The zero-order valence-corrected chi connectivity index (χ0v) is 8.66. The average Bonchev–Trinajstić information content (AvgIpc) is 2.59. The quantitative estimate of drug-likeness (QED) is 0.568. The van der Waals surface area contributed by atoms with Crippen molar-refractivity contribution in [1.29, 1.82) is 0 Å². The number of hydrogen-bond donors (Lipinski definition) is 0. The zero-order chi connectivity index (χ0) is 10.1. The molecule has 0 saturated heterocycles. The number of hydrogen-bond acceptors (Lipinski definition) is 2. The summed E-state index contributed by atoms with van der Waals surface area (Å²) >= 11 is 6.70. The van der Waals surface area contributed by atoms with Crippen LogP contribution in [0.25, 0.3) is 10.1 Å². The van der Waals surface area contributed by atoms with E-state index in [1.54, 1.807) is 12.1 Å². The maximum Gasteiger partial charge on any atom is 0.187 e. The van der Waals surface area contributed by atoms with Gasteiger partial charge in [0.2, 0.25) is 0 Å². The van der Waals surface area contributed by atoms with Crippen LogP contribution in [-0.2, 0) is 0 Å². The Morgan fingerprint density at radius 1 is 1.43 bits per heavy atom. The van der Waals surface area contributed by atoms with E-state index in [1.807, 2.05) is 0 Å². The Labute approximate surface area is 89.1 Å². The highest BCUT2D eigenvalue weighted by atomic mass is 35.5. The van der Waals surface area contributed by atoms with Crippen LogP contribution in [0.4, 0.5) is 4.39 Å². The molecule has 0 aliphatic heterocycles. The normalized spacial score (nSPS) is 10.7. The summed E-state index contributed by atoms with van der Waals surface area (Å²) in [6, 6.07) is 6.20. The van der Waals surface area contributed by atoms with Crippen LogP contribution in [0.3, 0.4) is 0 Å². The summed E-state index contributed by atoms with van der Waals surface area (Å²) in [4.78, 5) is 11.8. The first-order chi connectivity index (χ1) is 6.70. The van der Waals surface area contributed by atoms with Gasteiger partial charge in [0.1, 0.15) is 5.82 Å². The second-order valence-corrected chi connectivity index (χ2v) is 4.20. The molecule has 14 heavy (non-hydrogen) atoms. The first-order valence-corrected chi connectivity index (χ1v) is 5.34. The summed E-state index contributed by atoms with van der Waals surface area (Å²) in [5.41, 5.74) is 0. The highest BCUT2D eigenvalue weighted by molar-refractivity contribution is 7.20. The highest BCUT2D eigenvalue weighted by Crippen LogP contribution is 2.26. The predicted octanol–water partition coefficient (Wildman–Crippen LogP) is 3.46. The van der Waals surface area contributed by atoms with Gasteiger partial charge >= 0.3 is 0 Å². The van der Waals surface area contributed by atoms with E-state index < -0.39 is 0 Å². The van der Waals surface area contributed by atoms with Gasteiger partial charge in [0.25, 0.3) is 0 Å². The van der Waals surface area contributed by atoms with E-state index in [-0.39, 0.29) is 17.5 Å². The Morgan fingerprint density at radius 2 is 2.21 bits per heavy atom. The van der Waals surface area contributed by atoms with E-state index in [2.05, 4.69) is 0 Å². The molecular formula is C10H6ClFOS. The van der Waals surface area contributed by atoms with E-state index in [1.165, 1.54) is 23.5 Å². The van der Waals surface area contributed by atoms with Gasteiger partial charge in [-0.15, -0.1) is 22.9 Å². The topological polar surface area (TPSA) is 17.1 Å². The lowest BCUT2D eigenvalue weighted by Gasteiger charge is -1.86. The van der Waals surface area contributed by atoms with Gasteiger partial charge in [0.15, 0.2) is 5.78 Å². The lowest BCUT2D eigenvalue weighted by Crippen LogP contribution is -1.95. The van der Waals surface area contributed by atoms with Crippen molar-refractivity contribution in [2.45, 2.75) is 0 Å². The van der Waals surface area contributed by atoms with E-state index in [0.29, 0.717) is 4.88 Å². The van der Waals surface area contributed by atoms with Crippen molar-refractivity contribution in [3.8, 4) is 0 Å². The van der Waals surface area contributed by atoms with Gasteiger partial charge in [-0.05, 0) is 23.6 Å². The highest BCUT2D eigenvalue weighted by Gasteiger charge is 2.09. The van der Waals surface area contributed by atoms with Crippen LogP contribution in [0.15, 0.2) is 24.3 Å². The summed E-state index contributed by atoms with van der Waals surface area (Å²) in [6.07, 6.45) is 0. The fraction of sp³-hybridized carbons (Fsp3) is 0.100. The molecule has 1 heterocycles. The number of ketones is 1. The Bertz CT molecular complexity index is 492. The van der Waals surface area contributed by atoms with Crippen LogP contribution in [0.1, 0.15) is 9.67 Å².